The van der Waals surface area contributed by atoms with Crippen molar-refractivity contribution in [2.75, 3.05) is 11.4 Å². The second-order valence-corrected chi connectivity index (χ2v) is 5.17. The molecule has 1 heterocycles. The van der Waals surface area contributed by atoms with Gasteiger partial charge in [0.1, 0.15) is 0 Å². The van der Waals surface area contributed by atoms with Gasteiger partial charge in [0.25, 0.3) is 0 Å². The molecule has 0 aliphatic carbocycles. The summed E-state index contributed by atoms with van der Waals surface area (Å²) in [4.78, 5) is 14.1. The van der Waals surface area contributed by atoms with Crippen molar-refractivity contribution < 1.29 is 4.79 Å². The van der Waals surface area contributed by atoms with Crippen LogP contribution in [0.1, 0.15) is 22.3 Å². The molecule has 0 radical (unpaired) electrons. The second kappa shape index (κ2) is 5.06. The first kappa shape index (κ1) is 12.2. The van der Waals surface area contributed by atoms with E-state index in [9.17, 15) is 4.79 Å². The number of rotatable bonds is 2. The monoisotopic (exact) mass is 271 g/mol. The first-order valence-corrected chi connectivity index (χ1v) is 6.73. The normalized spacial score (nSPS) is 14.4. The molecule has 0 fully saturated rings. The van der Waals surface area contributed by atoms with Crippen molar-refractivity contribution >= 4 is 23.1 Å². The highest BCUT2D eigenvalue weighted by Crippen LogP contribution is 2.28. The molecule has 0 saturated heterocycles. The third-order valence-corrected chi connectivity index (χ3v) is 3.69. The zero-order valence-corrected chi connectivity index (χ0v) is 11.2. The molecule has 96 valence electrons. The van der Waals surface area contributed by atoms with Gasteiger partial charge in [-0.1, -0.05) is 35.9 Å². The number of anilines is 1. The minimum Gasteiger partial charge on any atom is -0.366 e. The Kier molecular flexibility index (Phi) is 3.26. The Labute approximate surface area is 117 Å². The predicted octanol–water partition coefficient (Wildman–Crippen LogP) is 3.93. The molecule has 0 atom stereocenters. The maximum atomic E-state index is 11.9. The van der Waals surface area contributed by atoms with Gasteiger partial charge in [-0.3, -0.25) is 4.79 Å². The van der Waals surface area contributed by atoms with E-state index in [-0.39, 0.29) is 5.78 Å². The summed E-state index contributed by atoms with van der Waals surface area (Å²) in [5.41, 5.74) is 3.07. The number of ketones is 1. The molecule has 2 aromatic carbocycles. The van der Waals surface area contributed by atoms with Crippen molar-refractivity contribution in [2.24, 2.45) is 0 Å². The van der Waals surface area contributed by atoms with Gasteiger partial charge in [-0.05, 0) is 29.8 Å². The topological polar surface area (TPSA) is 20.3 Å². The Morgan fingerprint density at radius 2 is 1.79 bits per heavy atom. The van der Waals surface area contributed by atoms with E-state index in [1.807, 2.05) is 48.5 Å². The smallest absolute Gasteiger partial charge is 0.166 e. The second-order valence-electron chi connectivity index (χ2n) is 4.74. The lowest BCUT2D eigenvalue weighted by Crippen LogP contribution is -2.31. The van der Waals surface area contributed by atoms with Gasteiger partial charge in [0.05, 0.1) is 0 Å². The van der Waals surface area contributed by atoms with Crippen LogP contribution in [0.4, 0.5) is 5.69 Å². The van der Waals surface area contributed by atoms with Gasteiger partial charge < -0.3 is 4.90 Å². The van der Waals surface area contributed by atoms with Gasteiger partial charge in [0.2, 0.25) is 0 Å². The van der Waals surface area contributed by atoms with Crippen LogP contribution in [0.5, 0.6) is 0 Å². The lowest BCUT2D eigenvalue weighted by molar-refractivity contribution is 0.0979. The minimum absolute atomic E-state index is 0.239. The van der Waals surface area contributed by atoms with Gasteiger partial charge >= 0.3 is 0 Å². The molecule has 0 bridgehead atoms. The molecular weight excluding hydrogens is 258 g/mol. The first-order valence-electron chi connectivity index (χ1n) is 6.35. The number of fused-ring (bicyclic) bond motifs is 1. The number of carbonyl (C=O) groups is 1. The average Bonchev–Trinajstić information content (AvgIpc) is 2.45. The van der Waals surface area contributed by atoms with Crippen LogP contribution in [-0.2, 0) is 6.54 Å². The fourth-order valence-electron chi connectivity index (χ4n) is 2.45. The molecule has 1 aliphatic heterocycles. The standard InChI is InChI=1S/C16H14ClNO/c17-13-7-5-12(6-8-13)11-18-10-9-16(19)14-3-1-2-4-15(14)18/h1-8H,9-11H2. The molecule has 19 heavy (non-hydrogen) atoms. The SMILES string of the molecule is O=C1CCN(Cc2ccc(Cl)cc2)c2ccccc21. The molecule has 0 spiro atoms. The largest absolute Gasteiger partial charge is 0.366 e. The van der Waals surface area contributed by atoms with Gasteiger partial charge in [-0.15, -0.1) is 0 Å². The number of carbonyl (C=O) groups excluding carboxylic acids is 1. The maximum Gasteiger partial charge on any atom is 0.166 e. The molecule has 0 N–H and O–H groups in total. The van der Waals surface area contributed by atoms with Crippen LogP contribution in [0.15, 0.2) is 48.5 Å². The summed E-state index contributed by atoms with van der Waals surface area (Å²) in [5, 5.41) is 0.748. The van der Waals surface area contributed by atoms with Crippen LogP contribution in [0, 0.1) is 0 Å². The Balaban J connectivity index is 1.88. The van der Waals surface area contributed by atoms with E-state index < -0.39 is 0 Å². The van der Waals surface area contributed by atoms with Gasteiger partial charge in [-0.25, -0.2) is 0 Å². The quantitative estimate of drug-likeness (QED) is 0.825. The van der Waals surface area contributed by atoms with Crippen molar-refractivity contribution in [1.82, 2.24) is 0 Å². The molecule has 1 aliphatic rings. The molecule has 0 amide bonds. The highest BCUT2D eigenvalue weighted by atomic mass is 35.5. The first-order chi connectivity index (χ1) is 9.24. The Bertz CT molecular complexity index is 606. The fourth-order valence-corrected chi connectivity index (χ4v) is 2.58. The summed E-state index contributed by atoms with van der Waals surface area (Å²) in [7, 11) is 0. The number of halogens is 1. The van der Waals surface area contributed by atoms with Crippen LogP contribution < -0.4 is 4.90 Å². The number of Topliss-reactive ketones (excluding diaryl/α,β-unsaturated/α-hetero) is 1. The number of hydrogen-bond donors (Lipinski definition) is 0. The van der Waals surface area contributed by atoms with Gasteiger partial charge in [0.15, 0.2) is 5.78 Å². The molecule has 0 saturated carbocycles. The number of benzene rings is 2. The molecule has 0 unspecified atom stereocenters. The Morgan fingerprint density at radius 1 is 1.05 bits per heavy atom. The zero-order valence-electron chi connectivity index (χ0n) is 10.5. The van der Waals surface area contributed by atoms with Crippen molar-refractivity contribution in [3.8, 4) is 0 Å². The molecule has 0 aromatic heterocycles. The molecule has 2 aromatic rings. The summed E-state index contributed by atoms with van der Waals surface area (Å²) in [6.07, 6.45) is 0.588. The van der Waals surface area contributed by atoms with Crippen molar-refractivity contribution in [1.29, 1.82) is 0 Å². The van der Waals surface area contributed by atoms with Crippen LogP contribution in [-0.4, -0.2) is 12.3 Å². The fraction of sp³-hybridized carbons (Fsp3) is 0.188. The van der Waals surface area contributed by atoms with Crippen LogP contribution in [0.25, 0.3) is 0 Å². The Morgan fingerprint density at radius 3 is 2.58 bits per heavy atom. The minimum atomic E-state index is 0.239. The summed E-state index contributed by atoms with van der Waals surface area (Å²) in [6, 6.07) is 15.7. The predicted molar refractivity (Wildman–Crippen MR) is 77.9 cm³/mol. The number of nitrogens with zero attached hydrogens (tertiary/aromatic N) is 1. The van der Waals surface area contributed by atoms with E-state index in [4.69, 9.17) is 11.6 Å². The van der Waals surface area contributed by atoms with Crippen LogP contribution in [0.2, 0.25) is 5.02 Å². The van der Waals surface area contributed by atoms with Crippen LogP contribution >= 0.6 is 11.6 Å². The lowest BCUT2D eigenvalue weighted by atomic mass is 10.00. The Hall–Kier alpha value is -1.80. The van der Waals surface area contributed by atoms with Gasteiger partial charge in [0, 0.05) is 35.8 Å². The summed E-state index contributed by atoms with van der Waals surface area (Å²) in [5.74, 6) is 0.239. The molecule has 3 heteroatoms. The maximum absolute atomic E-state index is 11.9. The lowest BCUT2D eigenvalue weighted by Gasteiger charge is -2.30. The average molecular weight is 272 g/mol. The van der Waals surface area contributed by atoms with Crippen molar-refractivity contribution in [2.45, 2.75) is 13.0 Å². The summed E-state index contributed by atoms with van der Waals surface area (Å²) in [6.45, 7) is 1.58. The van der Waals surface area contributed by atoms with E-state index in [1.54, 1.807) is 0 Å². The number of para-hydroxylation sites is 1. The number of hydrogen-bond acceptors (Lipinski definition) is 2. The summed E-state index contributed by atoms with van der Waals surface area (Å²) >= 11 is 5.90. The molecule has 3 rings (SSSR count). The van der Waals surface area contributed by atoms with E-state index in [1.165, 1.54) is 5.56 Å². The highest BCUT2D eigenvalue weighted by Gasteiger charge is 2.22. The third-order valence-electron chi connectivity index (χ3n) is 3.44. The summed E-state index contributed by atoms with van der Waals surface area (Å²) < 4.78 is 0. The van der Waals surface area contributed by atoms with Crippen molar-refractivity contribution in [3.05, 3.63) is 64.7 Å². The van der Waals surface area contributed by atoms with Gasteiger partial charge in [-0.2, -0.15) is 0 Å². The molecular formula is C16H14ClNO. The van der Waals surface area contributed by atoms with E-state index in [2.05, 4.69) is 4.90 Å². The van der Waals surface area contributed by atoms with E-state index >= 15 is 0 Å². The van der Waals surface area contributed by atoms with Crippen LogP contribution in [0.3, 0.4) is 0 Å². The zero-order chi connectivity index (χ0) is 13.2. The van der Waals surface area contributed by atoms with E-state index in [0.717, 1.165) is 29.4 Å². The molecule has 2 nitrogen and oxygen atoms in total. The third kappa shape index (κ3) is 2.49. The van der Waals surface area contributed by atoms with Crippen molar-refractivity contribution in [3.63, 3.8) is 0 Å². The highest BCUT2D eigenvalue weighted by molar-refractivity contribution is 6.30. The van der Waals surface area contributed by atoms with E-state index in [0.29, 0.717) is 6.42 Å².